The van der Waals surface area contributed by atoms with Crippen molar-refractivity contribution in [2.75, 3.05) is 0 Å². The van der Waals surface area contributed by atoms with Crippen molar-refractivity contribution in [3.8, 4) is 0 Å². The number of hydrogen-bond acceptors (Lipinski definition) is 1. The van der Waals surface area contributed by atoms with Gasteiger partial charge in [-0.2, -0.15) is 0 Å². The second kappa shape index (κ2) is 4.62. The van der Waals surface area contributed by atoms with Crippen LogP contribution in [0.3, 0.4) is 0 Å². The van der Waals surface area contributed by atoms with Gasteiger partial charge in [0, 0.05) is 5.56 Å². The number of alkyl halides is 1. The molecule has 0 fully saturated rings. The van der Waals surface area contributed by atoms with Gasteiger partial charge in [0.2, 0.25) is 0 Å². The molecule has 0 saturated carbocycles. The maximum absolute atomic E-state index is 5.18. The van der Waals surface area contributed by atoms with Crippen LogP contribution in [0.4, 0.5) is 0 Å². The van der Waals surface area contributed by atoms with Gasteiger partial charge in [0.15, 0.2) is 0 Å². The van der Waals surface area contributed by atoms with Crippen LogP contribution in [0, 0.1) is 6.92 Å². The molecule has 1 aromatic heterocycles. The van der Waals surface area contributed by atoms with Crippen LogP contribution in [-0.2, 0) is 0 Å². The van der Waals surface area contributed by atoms with Gasteiger partial charge in [-0.15, -0.1) is 0 Å². The molecule has 0 N–H and O–H groups in total. The zero-order chi connectivity index (χ0) is 12.5. The predicted molar refractivity (Wildman–Crippen MR) is 78.2 cm³/mol. The van der Waals surface area contributed by atoms with Crippen LogP contribution in [0.2, 0.25) is 0 Å². The van der Waals surface area contributed by atoms with Gasteiger partial charge in [-0.3, -0.25) is 0 Å². The van der Waals surface area contributed by atoms with E-state index in [-0.39, 0.29) is 4.83 Å². The molecule has 0 amide bonds. The molecule has 1 heterocycles. The molecule has 2 aromatic carbocycles. The van der Waals surface area contributed by atoms with E-state index in [1.807, 2.05) is 6.07 Å². The zero-order valence-electron chi connectivity index (χ0n) is 10.1. The van der Waals surface area contributed by atoms with E-state index in [1.54, 1.807) is 12.5 Å². The first kappa shape index (κ1) is 11.5. The molecule has 0 aliphatic rings. The van der Waals surface area contributed by atoms with E-state index in [4.69, 9.17) is 4.42 Å². The van der Waals surface area contributed by atoms with Gasteiger partial charge in [-0.05, 0) is 34.9 Å². The highest BCUT2D eigenvalue weighted by Crippen LogP contribution is 2.37. The van der Waals surface area contributed by atoms with Crippen LogP contribution in [0.15, 0.2) is 59.4 Å². The van der Waals surface area contributed by atoms with Crippen LogP contribution in [0.25, 0.3) is 10.8 Å². The van der Waals surface area contributed by atoms with Crippen molar-refractivity contribution in [3.05, 3.63) is 71.7 Å². The maximum Gasteiger partial charge on any atom is 0.0949 e. The summed E-state index contributed by atoms with van der Waals surface area (Å²) in [4.78, 5) is 0.169. The maximum atomic E-state index is 5.18. The molecule has 3 rings (SSSR count). The smallest absolute Gasteiger partial charge is 0.0949 e. The monoisotopic (exact) mass is 300 g/mol. The summed E-state index contributed by atoms with van der Waals surface area (Å²) < 4.78 is 5.18. The molecule has 18 heavy (non-hydrogen) atoms. The summed E-state index contributed by atoms with van der Waals surface area (Å²) in [6, 6.07) is 14.8. The number of rotatable bonds is 2. The number of hydrogen-bond donors (Lipinski definition) is 0. The quantitative estimate of drug-likeness (QED) is 0.591. The molecule has 1 atom stereocenters. The molecule has 0 aliphatic carbocycles. The summed E-state index contributed by atoms with van der Waals surface area (Å²) >= 11 is 3.79. The zero-order valence-corrected chi connectivity index (χ0v) is 11.6. The molecular weight excluding hydrogens is 288 g/mol. The standard InChI is InChI=1S/C16H13BrO/c1-11-6-7-12-4-2-3-5-14(12)15(11)16(17)13-8-9-18-10-13/h2-10,16H,1H3. The fourth-order valence-electron chi connectivity index (χ4n) is 2.33. The van der Waals surface area contributed by atoms with Gasteiger partial charge in [0.1, 0.15) is 0 Å². The molecule has 1 unspecified atom stereocenters. The van der Waals surface area contributed by atoms with Crippen molar-refractivity contribution >= 4 is 26.7 Å². The van der Waals surface area contributed by atoms with Gasteiger partial charge in [0.25, 0.3) is 0 Å². The summed E-state index contributed by atoms with van der Waals surface area (Å²) in [7, 11) is 0. The molecular formula is C16H13BrO. The minimum Gasteiger partial charge on any atom is -0.472 e. The lowest BCUT2D eigenvalue weighted by Crippen LogP contribution is -1.96. The highest BCUT2D eigenvalue weighted by atomic mass is 79.9. The van der Waals surface area contributed by atoms with Crippen molar-refractivity contribution in [2.45, 2.75) is 11.8 Å². The van der Waals surface area contributed by atoms with E-state index >= 15 is 0 Å². The van der Waals surface area contributed by atoms with Crippen LogP contribution in [-0.4, -0.2) is 0 Å². The third-order valence-corrected chi connectivity index (χ3v) is 4.26. The van der Waals surface area contributed by atoms with Crippen LogP contribution >= 0.6 is 15.9 Å². The van der Waals surface area contributed by atoms with Crippen LogP contribution in [0.1, 0.15) is 21.5 Å². The molecule has 0 radical (unpaired) electrons. The molecule has 0 bridgehead atoms. The Morgan fingerprint density at radius 3 is 2.67 bits per heavy atom. The van der Waals surface area contributed by atoms with Gasteiger partial charge >= 0.3 is 0 Å². The fraction of sp³-hybridized carbons (Fsp3) is 0.125. The van der Waals surface area contributed by atoms with Gasteiger partial charge < -0.3 is 4.42 Å². The lowest BCUT2D eigenvalue weighted by atomic mass is 9.95. The third-order valence-electron chi connectivity index (χ3n) is 3.28. The SMILES string of the molecule is Cc1ccc2ccccc2c1C(Br)c1ccoc1. The number of fused-ring (bicyclic) bond motifs is 1. The van der Waals surface area contributed by atoms with Crippen molar-refractivity contribution in [1.29, 1.82) is 0 Å². The lowest BCUT2D eigenvalue weighted by Gasteiger charge is -2.15. The summed E-state index contributed by atoms with van der Waals surface area (Å²) in [5.74, 6) is 0. The van der Waals surface area contributed by atoms with E-state index in [0.717, 1.165) is 5.56 Å². The topological polar surface area (TPSA) is 13.1 Å². The minimum atomic E-state index is 0.169. The Morgan fingerprint density at radius 2 is 1.89 bits per heavy atom. The first-order valence-electron chi connectivity index (χ1n) is 5.92. The Morgan fingerprint density at radius 1 is 1.06 bits per heavy atom. The largest absolute Gasteiger partial charge is 0.472 e. The lowest BCUT2D eigenvalue weighted by molar-refractivity contribution is 0.564. The minimum absolute atomic E-state index is 0.169. The molecule has 2 heteroatoms. The molecule has 0 aliphatic heterocycles. The van der Waals surface area contributed by atoms with E-state index in [9.17, 15) is 0 Å². The number of halogens is 1. The number of aryl methyl sites for hydroxylation is 1. The Kier molecular flexibility index (Phi) is 2.96. The first-order valence-corrected chi connectivity index (χ1v) is 6.83. The van der Waals surface area contributed by atoms with Gasteiger partial charge in [-0.1, -0.05) is 52.3 Å². The van der Waals surface area contributed by atoms with E-state index in [2.05, 4.69) is 59.3 Å². The highest BCUT2D eigenvalue weighted by molar-refractivity contribution is 9.09. The van der Waals surface area contributed by atoms with Crippen molar-refractivity contribution < 1.29 is 4.42 Å². The molecule has 0 saturated heterocycles. The predicted octanol–water partition coefficient (Wildman–Crippen LogP) is 5.23. The summed E-state index contributed by atoms with van der Waals surface area (Å²) in [5.41, 5.74) is 3.75. The summed E-state index contributed by atoms with van der Waals surface area (Å²) in [6.45, 7) is 2.15. The van der Waals surface area contributed by atoms with Crippen molar-refractivity contribution in [3.63, 3.8) is 0 Å². The normalized spacial score (nSPS) is 12.8. The Bertz CT molecular complexity index is 671. The van der Waals surface area contributed by atoms with E-state index in [0.29, 0.717) is 0 Å². The summed E-state index contributed by atoms with van der Waals surface area (Å²) in [5, 5.41) is 2.56. The van der Waals surface area contributed by atoms with Crippen molar-refractivity contribution in [2.24, 2.45) is 0 Å². The van der Waals surface area contributed by atoms with Crippen LogP contribution < -0.4 is 0 Å². The number of furan rings is 1. The Balaban J connectivity index is 2.24. The van der Waals surface area contributed by atoms with Crippen molar-refractivity contribution in [1.82, 2.24) is 0 Å². The average Bonchev–Trinajstić information content (AvgIpc) is 2.92. The Labute approximate surface area is 115 Å². The number of benzene rings is 2. The van der Waals surface area contributed by atoms with Gasteiger partial charge in [-0.25, -0.2) is 0 Å². The second-order valence-corrected chi connectivity index (χ2v) is 5.35. The van der Waals surface area contributed by atoms with Crippen LogP contribution in [0.5, 0.6) is 0 Å². The highest BCUT2D eigenvalue weighted by Gasteiger charge is 2.16. The van der Waals surface area contributed by atoms with E-state index in [1.165, 1.54) is 21.9 Å². The molecule has 1 nitrogen and oxygen atoms in total. The van der Waals surface area contributed by atoms with E-state index < -0.39 is 0 Å². The molecule has 90 valence electrons. The molecule has 0 spiro atoms. The molecule has 3 aromatic rings. The fourth-order valence-corrected chi connectivity index (χ4v) is 3.20. The van der Waals surface area contributed by atoms with Gasteiger partial charge in [0.05, 0.1) is 17.4 Å². The second-order valence-electron chi connectivity index (χ2n) is 4.44. The Hall–Kier alpha value is -1.54. The summed E-state index contributed by atoms with van der Waals surface area (Å²) in [6.07, 6.45) is 3.50. The first-order chi connectivity index (χ1) is 8.77. The average molecular weight is 301 g/mol. The third kappa shape index (κ3) is 1.87.